The smallest absolute Gasteiger partial charge is 0.303 e. The number of benzene rings is 1. The second-order valence-corrected chi connectivity index (χ2v) is 7.26. The molecular weight excluding hydrogens is 379 g/mol. The van der Waals surface area contributed by atoms with E-state index in [-0.39, 0.29) is 18.8 Å². The highest BCUT2D eigenvalue weighted by Gasteiger charge is 2.29. The fraction of sp³-hybridized carbons (Fsp3) is 0.474. The topological polar surface area (TPSA) is 73.9 Å². The van der Waals surface area contributed by atoms with Crippen LogP contribution < -0.4 is 10.1 Å². The van der Waals surface area contributed by atoms with Crippen molar-refractivity contribution in [1.29, 1.82) is 0 Å². The molecule has 0 aliphatic carbocycles. The summed E-state index contributed by atoms with van der Waals surface area (Å²) in [5.41, 5.74) is -1.39. The zero-order valence-corrected chi connectivity index (χ0v) is 16.0. The number of hydrogen-bond donors (Lipinski definition) is 1. The van der Waals surface area contributed by atoms with Gasteiger partial charge in [0.2, 0.25) is 12.1 Å². The predicted molar refractivity (Wildman–Crippen MR) is 93.0 cm³/mol. The van der Waals surface area contributed by atoms with E-state index >= 15 is 0 Å². The molecule has 1 unspecified atom stereocenters. The molecule has 1 heterocycles. The van der Waals surface area contributed by atoms with E-state index in [9.17, 15) is 22.8 Å². The Morgan fingerprint density at radius 1 is 1.25 bits per heavy atom. The van der Waals surface area contributed by atoms with Crippen LogP contribution in [0.25, 0.3) is 0 Å². The van der Waals surface area contributed by atoms with E-state index in [1.165, 1.54) is 6.92 Å². The summed E-state index contributed by atoms with van der Waals surface area (Å²) in [7, 11) is 0. The average molecular weight is 401 g/mol. The zero-order chi connectivity index (χ0) is 21.1. The standard InChI is InChI=1S/C19H22F3NO5/c1-10(24)26-9-11-6-5-7-14(27-11)28-17-15(21)12(8-13(20)16(17)22)18(25)23-19(2,3)4/h6,8,14H,5,7,9H2,1-4H3,(H,23,25). The molecule has 0 bridgehead atoms. The molecule has 154 valence electrons. The van der Waals surface area contributed by atoms with Gasteiger partial charge in [0.05, 0.1) is 5.56 Å². The van der Waals surface area contributed by atoms with Crippen molar-refractivity contribution in [3.05, 3.63) is 40.9 Å². The van der Waals surface area contributed by atoms with Crippen LogP contribution in [0.4, 0.5) is 13.2 Å². The summed E-state index contributed by atoms with van der Waals surface area (Å²) in [5.74, 6) is -6.56. The number of nitrogens with one attached hydrogen (secondary N) is 1. The average Bonchev–Trinajstić information content (AvgIpc) is 2.59. The van der Waals surface area contributed by atoms with Gasteiger partial charge < -0.3 is 19.5 Å². The van der Waals surface area contributed by atoms with Crippen LogP contribution >= 0.6 is 0 Å². The Bertz CT molecular complexity index is 802. The number of halogens is 3. The van der Waals surface area contributed by atoms with Crippen LogP contribution in [0.3, 0.4) is 0 Å². The van der Waals surface area contributed by atoms with Gasteiger partial charge in [0.1, 0.15) is 12.4 Å². The van der Waals surface area contributed by atoms with Crippen molar-refractivity contribution in [3.8, 4) is 5.75 Å². The molecule has 0 saturated carbocycles. The van der Waals surface area contributed by atoms with Crippen molar-refractivity contribution >= 4 is 11.9 Å². The highest BCUT2D eigenvalue weighted by Crippen LogP contribution is 2.30. The molecular formula is C19H22F3NO5. The van der Waals surface area contributed by atoms with E-state index in [4.69, 9.17) is 14.2 Å². The van der Waals surface area contributed by atoms with Crippen LogP contribution in [-0.2, 0) is 14.3 Å². The molecule has 0 saturated heterocycles. The fourth-order valence-electron chi connectivity index (χ4n) is 2.39. The number of ether oxygens (including phenoxy) is 3. The lowest BCUT2D eigenvalue weighted by Gasteiger charge is -2.26. The number of esters is 1. The Balaban J connectivity index is 2.22. The molecule has 1 atom stereocenters. The quantitative estimate of drug-likeness (QED) is 0.603. The van der Waals surface area contributed by atoms with Gasteiger partial charge in [-0.3, -0.25) is 9.59 Å². The van der Waals surface area contributed by atoms with E-state index in [2.05, 4.69) is 5.32 Å². The highest BCUT2D eigenvalue weighted by molar-refractivity contribution is 5.95. The van der Waals surface area contributed by atoms with Gasteiger partial charge in [0.25, 0.3) is 5.91 Å². The Kier molecular flexibility index (Phi) is 6.58. The SMILES string of the molecule is CC(=O)OCC1=CCCC(Oc2c(F)c(F)cc(C(=O)NC(C)(C)C)c2F)O1. The minimum atomic E-state index is -1.57. The maximum absolute atomic E-state index is 14.7. The van der Waals surface area contributed by atoms with Crippen LogP contribution in [0.5, 0.6) is 5.75 Å². The molecule has 1 aromatic carbocycles. The third-order valence-corrected chi connectivity index (χ3v) is 3.57. The van der Waals surface area contributed by atoms with Crippen molar-refractivity contribution in [2.75, 3.05) is 6.61 Å². The monoisotopic (exact) mass is 401 g/mol. The molecule has 1 aromatic rings. The lowest BCUT2D eigenvalue weighted by atomic mass is 10.1. The van der Waals surface area contributed by atoms with E-state index < -0.39 is 52.5 Å². The summed E-state index contributed by atoms with van der Waals surface area (Å²) >= 11 is 0. The molecule has 0 radical (unpaired) electrons. The summed E-state index contributed by atoms with van der Waals surface area (Å²) in [5, 5.41) is 2.48. The van der Waals surface area contributed by atoms with Crippen molar-refractivity contribution < 1.29 is 37.0 Å². The van der Waals surface area contributed by atoms with Gasteiger partial charge in [-0.25, -0.2) is 8.78 Å². The molecule has 0 aromatic heterocycles. The Morgan fingerprint density at radius 2 is 1.93 bits per heavy atom. The van der Waals surface area contributed by atoms with E-state index in [1.54, 1.807) is 26.8 Å². The number of rotatable bonds is 5. The van der Waals surface area contributed by atoms with Crippen LogP contribution in [0.2, 0.25) is 0 Å². The normalized spacial score (nSPS) is 16.7. The minimum Gasteiger partial charge on any atom is -0.458 e. The molecule has 1 amide bonds. The first-order valence-corrected chi connectivity index (χ1v) is 8.63. The van der Waals surface area contributed by atoms with Gasteiger partial charge in [-0.1, -0.05) is 0 Å². The molecule has 1 aliphatic heterocycles. The van der Waals surface area contributed by atoms with Crippen LogP contribution in [0.1, 0.15) is 50.9 Å². The maximum atomic E-state index is 14.7. The summed E-state index contributed by atoms with van der Waals surface area (Å²) < 4.78 is 58.1. The number of carbonyl (C=O) groups is 2. The van der Waals surface area contributed by atoms with Crippen LogP contribution in [-0.4, -0.2) is 30.3 Å². The van der Waals surface area contributed by atoms with Crippen molar-refractivity contribution in [3.63, 3.8) is 0 Å². The van der Waals surface area contributed by atoms with Crippen molar-refractivity contribution in [2.45, 2.75) is 52.4 Å². The fourth-order valence-corrected chi connectivity index (χ4v) is 2.39. The lowest BCUT2D eigenvalue weighted by Crippen LogP contribution is -2.41. The second-order valence-electron chi connectivity index (χ2n) is 7.26. The predicted octanol–water partition coefficient (Wildman–Crippen LogP) is 3.59. The summed E-state index contributed by atoms with van der Waals surface area (Å²) in [4.78, 5) is 23.1. The van der Waals surface area contributed by atoms with Crippen molar-refractivity contribution in [1.82, 2.24) is 5.32 Å². The van der Waals surface area contributed by atoms with Gasteiger partial charge in [-0.2, -0.15) is 4.39 Å². The van der Waals surface area contributed by atoms with Gasteiger partial charge in [-0.15, -0.1) is 0 Å². The third-order valence-electron chi connectivity index (χ3n) is 3.57. The van der Waals surface area contributed by atoms with E-state index in [0.29, 0.717) is 12.5 Å². The Hall–Kier alpha value is -2.71. The van der Waals surface area contributed by atoms with Gasteiger partial charge in [0.15, 0.2) is 17.4 Å². The van der Waals surface area contributed by atoms with Crippen molar-refractivity contribution in [2.24, 2.45) is 0 Å². The molecule has 9 heteroatoms. The maximum Gasteiger partial charge on any atom is 0.303 e. The lowest BCUT2D eigenvalue weighted by molar-refractivity contribution is -0.143. The number of hydrogen-bond acceptors (Lipinski definition) is 5. The zero-order valence-electron chi connectivity index (χ0n) is 16.0. The summed E-state index contributed by atoms with van der Waals surface area (Å²) in [6.07, 6.45) is 1.16. The van der Waals surface area contributed by atoms with Gasteiger partial charge in [-0.05, 0) is 39.3 Å². The largest absolute Gasteiger partial charge is 0.458 e. The Labute approximate surface area is 160 Å². The first-order chi connectivity index (χ1) is 13.0. The van der Waals surface area contributed by atoms with E-state index in [0.717, 1.165) is 0 Å². The third kappa shape index (κ3) is 5.64. The summed E-state index contributed by atoms with van der Waals surface area (Å²) in [6.45, 7) is 6.04. The molecule has 28 heavy (non-hydrogen) atoms. The molecule has 0 fully saturated rings. The summed E-state index contributed by atoms with van der Waals surface area (Å²) in [6, 6.07) is 0.479. The molecule has 2 rings (SSSR count). The van der Waals surface area contributed by atoms with Gasteiger partial charge >= 0.3 is 5.97 Å². The van der Waals surface area contributed by atoms with Crippen LogP contribution in [0.15, 0.2) is 17.9 Å². The minimum absolute atomic E-state index is 0.164. The molecule has 0 spiro atoms. The number of amides is 1. The Morgan fingerprint density at radius 3 is 2.54 bits per heavy atom. The van der Waals surface area contributed by atoms with Crippen LogP contribution in [0, 0.1) is 17.5 Å². The van der Waals surface area contributed by atoms with Gasteiger partial charge in [0, 0.05) is 18.9 Å². The highest BCUT2D eigenvalue weighted by atomic mass is 19.2. The number of allylic oxidation sites excluding steroid dienone is 1. The molecule has 1 N–H and O–H groups in total. The first-order valence-electron chi connectivity index (χ1n) is 8.63. The molecule has 1 aliphatic rings. The van der Waals surface area contributed by atoms with E-state index in [1.807, 2.05) is 0 Å². The molecule has 6 nitrogen and oxygen atoms in total. The first kappa shape index (κ1) is 21.6. The second kappa shape index (κ2) is 8.53. The number of carbonyl (C=O) groups excluding carboxylic acids is 2.